The molecule has 2 saturated heterocycles. The lowest BCUT2D eigenvalue weighted by Gasteiger charge is -2.35. The van der Waals surface area contributed by atoms with E-state index in [-0.39, 0.29) is 86.5 Å². The molecule has 3 atom stereocenters. The summed E-state index contributed by atoms with van der Waals surface area (Å²) < 4.78 is 12.9. The fourth-order valence-corrected chi connectivity index (χ4v) is 11.5. The highest BCUT2D eigenvalue weighted by Gasteiger charge is 2.44. The van der Waals surface area contributed by atoms with Gasteiger partial charge in [0.25, 0.3) is 17.4 Å². The molecule has 8 rings (SSSR count). The van der Waals surface area contributed by atoms with E-state index in [4.69, 9.17) is 14.5 Å². The van der Waals surface area contributed by atoms with E-state index in [1.807, 2.05) is 118 Å². The van der Waals surface area contributed by atoms with E-state index in [0.717, 1.165) is 44.0 Å². The number of Topliss-reactive ketones (excluding diaryl/α,β-unsaturated/α-hetero) is 1. The van der Waals surface area contributed by atoms with Gasteiger partial charge in [-0.15, -0.1) is 11.3 Å². The number of aryl methyl sites for hydroxylation is 2. The number of benzene rings is 4. The first-order chi connectivity index (χ1) is 41.4. The zero-order chi connectivity index (χ0) is 62.6. The number of hydrogen-bond donors (Lipinski definition) is 4. The Morgan fingerprint density at radius 1 is 0.805 bits per heavy atom. The summed E-state index contributed by atoms with van der Waals surface area (Å²) in [6.45, 7) is 19.8. The number of anilines is 1. The van der Waals surface area contributed by atoms with Crippen molar-refractivity contribution < 1.29 is 43.3 Å². The van der Waals surface area contributed by atoms with Crippen LogP contribution in [0.4, 0.5) is 5.69 Å². The minimum absolute atomic E-state index is 0.0276. The van der Waals surface area contributed by atoms with Gasteiger partial charge in [0.1, 0.15) is 24.4 Å². The first kappa shape index (κ1) is 65.2. The summed E-state index contributed by atoms with van der Waals surface area (Å²) in [7, 11) is 1.70. The number of ketones is 1. The Morgan fingerprint density at radius 3 is 2.16 bits per heavy atom. The van der Waals surface area contributed by atoms with E-state index >= 15 is 0 Å². The van der Waals surface area contributed by atoms with Crippen LogP contribution < -0.4 is 21.5 Å². The van der Waals surface area contributed by atoms with Gasteiger partial charge in [0.2, 0.25) is 17.7 Å². The number of piperazine rings is 1. The van der Waals surface area contributed by atoms with E-state index in [2.05, 4.69) is 46.6 Å². The first-order valence-corrected chi connectivity index (χ1v) is 30.7. The van der Waals surface area contributed by atoms with Crippen molar-refractivity contribution in [3.63, 3.8) is 0 Å². The number of likely N-dealkylation sites (tertiary alicyclic amines) is 1. The van der Waals surface area contributed by atoms with Crippen LogP contribution in [0.25, 0.3) is 21.7 Å². The normalized spacial score (nSPS) is 15.9. The van der Waals surface area contributed by atoms with Crippen molar-refractivity contribution in [1.82, 2.24) is 39.9 Å². The zero-order valence-electron chi connectivity index (χ0n) is 51.6. The SMILES string of the molecule is Cc1ncsc1-c1ccc(CNC(=O)[C@@H]2C[C@@H](O)CN2C(=O)[C@@H](NC(=O)CCOCC(=O)CCCOCCN2CCN(C(=O)c3ccc(Cc4nc(-c5cccc(NC(=O)c6ccc(C(C)(C)C)cc6)c5C)cn(C)c4=O)cc3)CC2)C(C)(C)C)cc1. The molecule has 87 heavy (non-hydrogen) atoms. The molecule has 0 saturated carbocycles. The molecular formula is C67H83N9O10S. The molecule has 2 aliphatic heterocycles. The Bertz CT molecular complexity index is 3450. The summed E-state index contributed by atoms with van der Waals surface area (Å²) >= 11 is 1.56. The van der Waals surface area contributed by atoms with Crippen molar-refractivity contribution >= 4 is 52.3 Å². The molecule has 4 heterocycles. The summed E-state index contributed by atoms with van der Waals surface area (Å²) in [4.78, 5) is 109. The van der Waals surface area contributed by atoms with Gasteiger partial charge in [-0.1, -0.05) is 102 Å². The number of amides is 5. The number of β-amino-alcohol motifs (C(OH)–C–C–N with tert-alkyl or cyclic N) is 1. The molecule has 6 aromatic rings. The maximum atomic E-state index is 14.0. The predicted octanol–water partition coefficient (Wildman–Crippen LogP) is 7.67. The molecule has 4 N–H and O–H groups in total. The van der Waals surface area contributed by atoms with E-state index in [9.17, 15) is 38.7 Å². The molecule has 2 fully saturated rings. The smallest absolute Gasteiger partial charge is 0.272 e. The van der Waals surface area contributed by atoms with Gasteiger partial charge in [0.05, 0.1) is 41.1 Å². The van der Waals surface area contributed by atoms with Gasteiger partial charge in [-0.25, -0.2) is 9.97 Å². The maximum Gasteiger partial charge on any atom is 0.272 e. The monoisotopic (exact) mass is 1210 g/mol. The highest BCUT2D eigenvalue weighted by Crippen LogP contribution is 2.31. The molecule has 4 aromatic carbocycles. The molecule has 0 spiro atoms. The minimum Gasteiger partial charge on any atom is -0.391 e. The van der Waals surface area contributed by atoms with Crippen LogP contribution in [0, 0.1) is 19.3 Å². The minimum atomic E-state index is -0.989. The number of rotatable bonds is 24. The van der Waals surface area contributed by atoms with Crippen LogP contribution in [0.2, 0.25) is 0 Å². The Morgan fingerprint density at radius 2 is 1.49 bits per heavy atom. The molecule has 0 bridgehead atoms. The molecule has 5 amide bonds. The maximum absolute atomic E-state index is 14.0. The van der Waals surface area contributed by atoms with Gasteiger partial charge < -0.3 is 44.9 Å². The second kappa shape index (κ2) is 29.3. The van der Waals surface area contributed by atoms with E-state index < -0.39 is 35.4 Å². The average Bonchev–Trinajstić information content (AvgIpc) is 2.88. The van der Waals surface area contributed by atoms with E-state index in [0.29, 0.717) is 80.6 Å². The molecule has 0 unspecified atom stereocenters. The number of nitrogens with one attached hydrogen (secondary N) is 3. The van der Waals surface area contributed by atoms with Crippen LogP contribution in [0.1, 0.15) is 122 Å². The average molecular weight is 1210 g/mol. The molecule has 20 heteroatoms. The number of aliphatic hydroxyl groups excluding tert-OH is 1. The van der Waals surface area contributed by atoms with Crippen LogP contribution in [-0.4, -0.2) is 154 Å². The quantitative estimate of drug-likeness (QED) is 0.0427. The second-order valence-electron chi connectivity index (χ2n) is 24.8. The summed E-state index contributed by atoms with van der Waals surface area (Å²) in [5.41, 5.74) is 10.0. The molecule has 19 nitrogen and oxygen atoms in total. The zero-order valence-corrected chi connectivity index (χ0v) is 52.4. The number of aliphatic hydroxyl groups is 1. The van der Waals surface area contributed by atoms with Crippen LogP contribution in [0.3, 0.4) is 0 Å². The van der Waals surface area contributed by atoms with Crippen LogP contribution in [-0.2, 0) is 54.1 Å². The molecule has 0 radical (unpaired) electrons. The van der Waals surface area contributed by atoms with Crippen molar-refractivity contribution in [2.75, 3.05) is 71.0 Å². The summed E-state index contributed by atoms with van der Waals surface area (Å²) in [6.07, 6.45) is 1.82. The van der Waals surface area contributed by atoms with Crippen molar-refractivity contribution in [1.29, 1.82) is 0 Å². The van der Waals surface area contributed by atoms with Crippen molar-refractivity contribution in [2.24, 2.45) is 12.5 Å². The molecule has 2 aliphatic rings. The summed E-state index contributed by atoms with van der Waals surface area (Å²) in [5.74, 6) is -1.70. The lowest BCUT2D eigenvalue weighted by atomic mass is 9.85. The number of hydrogen-bond acceptors (Lipinski definition) is 14. The number of thiazole rings is 1. The summed E-state index contributed by atoms with van der Waals surface area (Å²) in [5, 5.41) is 19.4. The predicted molar refractivity (Wildman–Crippen MR) is 336 cm³/mol. The number of carbonyl (C=O) groups excluding carboxylic acids is 6. The Kier molecular flexibility index (Phi) is 22.0. The Balaban J connectivity index is 0.696. The molecule has 2 aromatic heterocycles. The van der Waals surface area contributed by atoms with E-state index in [1.165, 1.54) is 9.47 Å². The summed E-state index contributed by atoms with van der Waals surface area (Å²) in [6, 6.07) is 26.5. The highest BCUT2D eigenvalue weighted by atomic mass is 32.1. The fraction of sp³-hybridized carbons (Fsp3) is 0.448. The van der Waals surface area contributed by atoms with Gasteiger partial charge in [-0.2, -0.15) is 0 Å². The van der Waals surface area contributed by atoms with Crippen molar-refractivity contribution in [3.05, 3.63) is 158 Å². The van der Waals surface area contributed by atoms with Crippen molar-refractivity contribution in [3.8, 4) is 21.7 Å². The highest BCUT2D eigenvalue weighted by molar-refractivity contribution is 7.13. The topological polar surface area (TPSA) is 235 Å². The third-order valence-electron chi connectivity index (χ3n) is 16.0. The van der Waals surface area contributed by atoms with E-state index in [1.54, 1.807) is 42.2 Å². The van der Waals surface area contributed by atoms with Gasteiger partial charge in [0, 0.05) is 114 Å². The van der Waals surface area contributed by atoms with Gasteiger partial charge >= 0.3 is 0 Å². The number of nitrogens with zero attached hydrogens (tertiary/aromatic N) is 6. The standard InChI is InChI=1S/C67H83N9O10S/c1-43-53(13-10-14-54(43)71-61(80)48-23-25-50(26-24-48)66(3,4)5)56-40-73(9)64(83)55(70-56)36-45-15-21-49(22-16-45)63(82)75-30-28-74(29-31-75)32-35-85-33-11-12-51(77)41-86-34-27-58(79)72-60(67(6,7)8)65(84)76-39-52(78)37-57(76)62(81)68-38-46-17-19-47(20-18-46)59-44(2)69-42-87-59/h10,13-26,40,42,52,57,60,78H,11-12,27-39,41H2,1-9H3,(H,68,81)(H,71,80)(H,72,79)/t52-,57+,60-/m1/s1. The number of ether oxygens (including phenoxy) is 2. The van der Waals surface area contributed by atoms with Crippen LogP contribution >= 0.6 is 11.3 Å². The second-order valence-corrected chi connectivity index (χ2v) is 25.6. The van der Waals surface area contributed by atoms with Crippen LogP contribution in [0.15, 0.2) is 107 Å². The third-order valence-corrected chi connectivity index (χ3v) is 17.0. The third kappa shape index (κ3) is 17.5. The number of carbonyl (C=O) groups is 6. The Hall–Kier alpha value is -7.75. The Labute approximate surface area is 513 Å². The van der Waals surface area contributed by atoms with Gasteiger partial charge in [0.15, 0.2) is 5.78 Å². The first-order valence-electron chi connectivity index (χ1n) is 29.8. The molecular weight excluding hydrogens is 1120 g/mol. The lowest BCUT2D eigenvalue weighted by molar-refractivity contribution is -0.144. The van der Waals surface area contributed by atoms with Gasteiger partial charge in [-0.3, -0.25) is 38.5 Å². The van der Waals surface area contributed by atoms with Gasteiger partial charge in [-0.05, 0) is 89.2 Å². The van der Waals surface area contributed by atoms with Crippen LogP contribution in [0.5, 0.6) is 0 Å². The lowest BCUT2D eigenvalue weighted by Crippen LogP contribution is -2.57. The number of aromatic nitrogens is 3. The van der Waals surface area contributed by atoms with Crippen molar-refractivity contribution in [2.45, 2.75) is 118 Å². The largest absolute Gasteiger partial charge is 0.391 e. The fourth-order valence-electron chi connectivity index (χ4n) is 10.7. The molecule has 0 aliphatic carbocycles. The molecule has 462 valence electrons.